The summed E-state index contributed by atoms with van der Waals surface area (Å²) in [6.07, 6.45) is 1.39. The maximum absolute atomic E-state index is 10.6. The summed E-state index contributed by atoms with van der Waals surface area (Å²) in [5, 5.41) is 20.3. The number of anilines is 1. The second-order valence-electron chi connectivity index (χ2n) is 7.78. The van der Waals surface area contributed by atoms with Gasteiger partial charge < -0.3 is 19.7 Å². The molecule has 1 unspecified atom stereocenters. The fraction of sp³-hybridized carbons (Fsp3) is 0.409. The molecule has 2 aromatic carbocycles. The number of piperazine rings is 1. The number of hydrogen-bond donors (Lipinski definition) is 2. The first-order valence-electron chi connectivity index (χ1n) is 9.86. The van der Waals surface area contributed by atoms with Crippen LogP contribution in [0.25, 0.3) is 11.0 Å². The molecule has 0 radical (unpaired) electrons. The molecule has 1 atom stereocenters. The van der Waals surface area contributed by atoms with Gasteiger partial charge >= 0.3 is 0 Å². The normalized spacial score (nSPS) is 16.6. The summed E-state index contributed by atoms with van der Waals surface area (Å²) in [7, 11) is 0. The molecule has 0 aliphatic carbocycles. The molecule has 2 heterocycles. The summed E-state index contributed by atoms with van der Waals surface area (Å²) in [4.78, 5) is 9.06. The number of hydrogen-bond acceptors (Lipinski definition) is 5. The van der Waals surface area contributed by atoms with Gasteiger partial charge in [0, 0.05) is 44.5 Å². The largest absolute Gasteiger partial charge is 0.508 e. The third-order valence-electron chi connectivity index (χ3n) is 5.68. The first kappa shape index (κ1) is 18.8. The van der Waals surface area contributed by atoms with Crippen molar-refractivity contribution in [3.63, 3.8) is 0 Å². The van der Waals surface area contributed by atoms with Crippen molar-refractivity contribution < 1.29 is 10.2 Å². The van der Waals surface area contributed by atoms with E-state index in [-0.39, 0.29) is 0 Å². The molecule has 6 heteroatoms. The third-order valence-corrected chi connectivity index (χ3v) is 5.68. The number of aromatic nitrogens is 2. The van der Waals surface area contributed by atoms with E-state index in [2.05, 4.69) is 45.3 Å². The van der Waals surface area contributed by atoms with E-state index in [1.807, 2.05) is 18.5 Å². The van der Waals surface area contributed by atoms with Crippen molar-refractivity contribution in [3.05, 3.63) is 53.9 Å². The lowest BCUT2D eigenvalue weighted by Gasteiger charge is -2.37. The summed E-state index contributed by atoms with van der Waals surface area (Å²) in [6.45, 7) is 8.98. The molecule has 28 heavy (non-hydrogen) atoms. The Hall–Kier alpha value is -2.57. The molecule has 0 saturated carbocycles. The van der Waals surface area contributed by atoms with E-state index in [9.17, 15) is 10.2 Å². The standard InChI is InChI=1S/C22H28N4O2/c1-16-10-21-22(11-17(16)2)26(15-23-21)14-20(28)13-24-6-8-25(9-7-24)18-4-3-5-19(27)12-18/h3-5,10-12,15,20,27-28H,6-9,13-14H2,1-2H3. The average molecular weight is 380 g/mol. The topological polar surface area (TPSA) is 64.8 Å². The molecular weight excluding hydrogens is 352 g/mol. The highest BCUT2D eigenvalue weighted by Crippen LogP contribution is 2.22. The summed E-state index contributed by atoms with van der Waals surface area (Å²) < 4.78 is 2.05. The van der Waals surface area contributed by atoms with E-state index >= 15 is 0 Å². The Morgan fingerprint density at radius 1 is 1.00 bits per heavy atom. The average Bonchev–Trinajstić information content (AvgIpc) is 3.04. The Bertz CT molecular complexity index is 960. The minimum absolute atomic E-state index is 0.299. The van der Waals surface area contributed by atoms with Crippen LogP contribution < -0.4 is 4.90 Å². The molecule has 6 nitrogen and oxygen atoms in total. The van der Waals surface area contributed by atoms with E-state index < -0.39 is 6.10 Å². The minimum Gasteiger partial charge on any atom is -0.508 e. The van der Waals surface area contributed by atoms with E-state index in [1.165, 1.54) is 11.1 Å². The van der Waals surface area contributed by atoms with E-state index in [4.69, 9.17) is 0 Å². The lowest BCUT2D eigenvalue weighted by molar-refractivity contribution is 0.0959. The number of aliphatic hydroxyl groups is 1. The van der Waals surface area contributed by atoms with E-state index in [0.717, 1.165) is 42.9 Å². The molecule has 2 N–H and O–H groups in total. The number of aromatic hydroxyl groups is 1. The fourth-order valence-electron chi connectivity index (χ4n) is 3.92. The van der Waals surface area contributed by atoms with Crippen molar-refractivity contribution in [2.24, 2.45) is 0 Å². The fourth-order valence-corrected chi connectivity index (χ4v) is 3.92. The Kier molecular flexibility index (Phi) is 5.24. The lowest BCUT2D eigenvalue weighted by atomic mass is 10.1. The molecule has 1 aliphatic rings. The number of nitrogens with zero attached hydrogens (tertiary/aromatic N) is 4. The van der Waals surface area contributed by atoms with Crippen LogP contribution in [0.1, 0.15) is 11.1 Å². The van der Waals surface area contributed by atoms with Gasteiger partial charge in [-0.2, -0.15) is 0 Å². The van der Waals surface area contributed by atoms with Crippen molar-refractivity contribution in [3.8, 4) is 5.75 Å². The minimum atomic E-state index is -0.439. The maximum atomic E-state index is 10.6. The zero-order valence-corrected chi connectivity index (χ0v) is 16.5. The van der Waals surface area contributed by atoms with Crippen molar-refractivity contribution in [1.29, 1.82) is 0 Å². The number of rotatable bonds is 5. The van der Waals surface area contributed by atoms with Crippen LogP contribution in [0.4, 0.5) is 5.69 Å². The Morgan fingerprint density at radius 3 is 2.50 bits per heavy atom. The number of imidazole rings is 1. The number of fused-ring (bicyclic) bond motifs is 1. The first-order chi connectivity index (χ1) is 13.5. The molecule has 3 aromatic rings. The number of aliphatic hydroxyl groups excluding tert-OH is 1. The van der Waals surface area contributed by atoms with Gasteiger partial charge in [-0.05, 0) is 49.2 Å². The van der Waals surface area contributed by atoms with Crippen LogP contribution in [0.2, 0.25) is 0 Å². The highest BCUT2D eigenvalue weighted by Gasteiger charge is 2.20. The number of aryl methyl sites for hydroxylation is 2. The molecule has 1 aliphatic heterocycles. The SMILES string of the molecule is Cc1cc2ncn(CC(O)CN3CCN(c4cccc(O)c4)CC3)c2cc1C. The summed E-state index contributed by atoms with van der Waals surface area (Å²) in [5.74, 6) is 0.299. The zero-order chi connectivity index (χ0) is 19.7. The molecule has 0 bridgehead atoms. The summed E-state index contributed by atoms with van der Waals surface area (Å²) in [6, 6.07) is 11.7. The zero-order valence-electron chi connectivity index (χ0n) is 16.5. The Labute approximate surface area is 165 Å². The van der Waals surface area contributed by atoms with Crippen LogP contribution in [-0.2, 0) is 6.54 Å². The number of phenolic OH excluding ortho intramolecular Hbond substituents is 1. The number of β-amino-alcohol motifs (C(OH)–C–C–N with tert-alkyl or cyclic N) is 1. The molecule has 0 amide bonds. The quantitative estimate of drug-likeness (QED) is 0.712. The van der Waals surface area contributed by atoms with Gasteiger partial charge in [0.15, 0.2) is 0 Å². The molecular formula is C22H28N4O2. The number of phenols is 1. The van der Waals surface area contributed by atoms with Gasteiger partial charge in [0.25, 0.3) is 0 Å². The van der Waals surface area contributed by atoms with Gasteiger partial charge in [-0.15, -0.1) is 0 Å². The number of benzene rings is 2. The van der Waals surface area contributed by atoms with Crippen LogP contribution in [0.15, 0.2) is 42.7 Å². The maximum Gasteiger partial charge on any atom is 0.117 e. The molecule has 1 saturated heterocycles. The molecule has 148 valence electrons. The Balaban J connectivity index is 1.34. The lowest BCUT2D eigenvalue weighted by Crippen LogP contribution is -2.49. The first-order valence-corrected chi connectivity index (χ1v) is 9.86. The van der Waals surface area contributed by atoms with E-state index in [0.29, 0.717) is 18.8 Å². The van der Waals surface area contributed by atoms with Crippen LogP contribution in [0.5, 0.6) is 5.75 Å². The molecule has 4 rings (SSSR count). The smallest absolute Gasteiger partial charge is 0.117 e. The van der Waals surface area contributed by atoms with Gasteiger partial charge in [-0.3, -0.25) is 4.90 Å². The highest BCUT2D eigenvalue weighted by atomic mass is 16.3. The van der Waals surface area contributed by atoms with Crippen molar-refractivity contribution in [2.75, 3.05) is 37.6 Å². The van der Waals surface area contributed by atoms with Crippen molar-refractivity contribution in [2.45, 2.75) is 26.5 Å². The van der Waals surface area contributed by atoms with Crippen LogP contribution in [0, 0.1) is 13.8 Å². The summed E-state index contributed by atoms with van der Waals surface area (Å²) >= 11 is 0. The van der Waals surface area contributed by atoms with Crippen LogP contribution in [0.3, 0.4) is 0 Å². The second-order valence-corrected chi connectivity index (χ2v) is 7.78. The monoisotopic (exact) mass is 380 g/mol. The van der Waals surface area contributed by atoms with Gasteiger partial charge in [0.05, 0.1) is 30.0 Å². The predicted octanol–water partition coefficient (Wildman–Crippen LogP) is 2.54. The predicted molar refractivity (Wildman–Crippen MR) is 112 cm³/mol. The summed E-state index contributed by atoms with van der Waals surface area (Å²) in [5.41, 5.74) is 5.59. The van der Waals surface area contributed by atoms with Crippen LogP contribution >= 0.6 is 0 Å². The van der Waals surface area contributed by atoms with Crippen molar-refractivity contribution >= 4 is 16.7 Å². The van der Waals surface area contributed by atoms with Gasteiger partial charge in [-0.25, -0.2) is 4.98 Å². The highest BCUT2D eigenvalue weighted by molar-refractivity contribution is 5.77. The van der Waals surface area contributed by atoms with Crippen molar-refractivity contribution in [1.82, 2.24) is 14.5 Å². The van der Waals surface area contributed by atoms with E-state index in [1.54, 1.807) is 12.1 Å². The van der Waals surface area contributed by atoms with Gasteiger partial charge in [-0.1, -0.05) is 6.07 Å². The third kappa shape index (κ3) is 3.98. The molecule has 1 fully saturated rings. The van der Waals surface area contributed by atoms with Gasteiger partial charge in [0.2, 0.25) is 0 Å². The Morgan fingerprint density at radius 2 is 1.75 bits per heavy atom. The van der Waals surface area contributed by atoms with Crippen LogP contribution in [-0.4, -0.2) is 63.5 Å². The van der Waals surface area contributed by atoms with Gasteiger partial charge in [0.1, 0.15) is 5.75 Å². The second kappa shape index (κ2) is 7.81. The molecule has 1 aromatic heterocycles. The molecule has 0 spiro atoms.